The number of rotatable bonds is 6. The third kappa shape index (κ3) is 5.84. The van der Waals surface area contributed by atoms with E-state index in [0.29, 0.717) is 25.3 Å². The van der Waals surface area contributed by atoms with E-state index < -0.39 is 6.36 Å². The first-order valence-corrected chi connectivity index (χ1v) is 9.36. The highest BCUT2D eigenvalue weighted by molar-refractivity contribution is 5.77. The molecule has 27 heavy (non-hydrogen) atoms. The molecule has 1 aromatic rings. The Labute approximate surface area is 156 Å². The van der Waals surface area contributed by atoms with Gasteiger partial charge in [-0.1, -0.05) is 31.0 Å². The fourth-order valence-corrected chi connectivity index (χ4v) is 3.76. The number of morpholine rings is 1. The van der Waals surface area contributed by atoms with E-state index in [-0.39, 0.29) is 36.7 Å². The smallest absolute Gasteiger partial charge is 0.405 e. The van der Waals surface area contributed by atoms with Crippen LogP contribution in [0.25, 0.3) is 0 Å². The van der Waals surface area contributed by atoms with Gasteiger partial charge in [0.1, 0.15) is 5.75 Å². The number of halogens is 3. The highest BCUT2D eigenvalue weighted by atomic mass is 19.4. The summed E-state index contributed by atoms with van der Waals surface area (Å²) in [6, 6.07) is 6.02. The maximum absolute atomic E-state index is 13.0. The van der Waals surface area contributed by atoms with Crippen LogP contribution in [-0.4, -0.2) is 49.0 Å². The monoisotopic (exact) mass is 386 g/mol. The average molecular weight is 386 g/mol. The van der Waals surface area contributed by atoms with E-state index in [1.54, 1.807) is 17.0 Å². The van der Waals surface area contributed by atoms with Gasteiger partial charge >= 0.3 is 6.36 Å². The molecule has 0 spiro atoms. The van der Waals surface area contributed by atoms with Gasteiger partial charge in [0.05, 0.1) is 13.2 Å². The Hall–Kier alpha value is -1.80. The van der Waals surface area contributed by atoms with Crippen LogP contribution in [0.5, 0.6) is 5.75 Å². The van der Waals surface area contributed by atoms with E-state index in [2.05, 4.69) is 10.1 Å². The fraction of sp³-hybridized carbons (Fsp3) is 0.632. The Morgan fingerprint density at radius 1 is 1.26 bits per heavy atom. The van der Waals surface area contributed by atoms with Gasteiger partial charge in [-0.15, -0.1) is 13.2 Å². The fourth-order valence-electron chi connectivity index (χ4n) is 3.76. The van der Waals surface area contributed by atoms with Gasteiger partial charge in [0.25, 0.3) is 0 Å². The molecule has 1 aromatic carbocycles. The first-order chi connectivity index (χ1) is 12.9. The van der Waals surface area contributed by atoms with Gasteiger partial charge in [-0.05, 0) is 18.9 Å². The second kappa shape index (κ2) is 8.93. The zero-order chi connectivity index (χ0) is 19.3. The van der Waals surface area contributed by atoms with Gasteiger partial charge in [-0.3, -0.25) is 4.79 Å². The number of nitrogens with one attached hydrogen (secondary N) is 1. The van der Waals surface area contributed by atoms with Crippen molar-refractivity contribution in [2.24, 2.45) is 0 Å². The molecule has 3 rings (SSSR count). The van der Waals surface area contributed by atoms with Gasteiger partial charge in [0.2, 0.25) is 5.91 Å². The highest BCUT2D eigenvalue weighted by Gasteiger charge is 2.33. The molecule has 1 atom stereocenters. The van der Waals surface area contributed by atoms with Crippen molar-refractivity contribution in [1.82, 2.24) is 10.2 Å². The summed E-state index contributed by atoms with van der Waals surface area (Å²) in [5, 5.41) is 3.26. The van der Waals surface area contributed by atoms with E-state index in [4.69, 9.17) is 4.74 Å². The number of ether oxygens (including phenoxy) is 2. The Kier molecular flexibility index (Phi) is 6.59. The molecule has 1 heterocycles. The third-order valence-electron chi connectivity index (χ3n) is 5.04. The van der Waals surface area contributed by atoms with Crippen LogP contribution in [0.2, 0.25) is 0 Å². The molecule has 1 unspecified atom stereocenters. The summed E-state index contributed by atoms with van der Waals surface area (Å²) in [7, 11) is 0. The van der Waals surface area contributed by atoms with Crippen LogP contribution in [0, 0.1) is 0 Å². The van der Waals surface area contributed by atoms with Crippen molar-refractivity contribution in [3.05, 3.63) is 29.8 Å². The maximum atomic E-state index is 13.0. The van der Waals surface area contributed by atoms with E-state index in [0.717, 1.165) is 25.7 Å². The standard InChI is InChI=1S/C19H25F3N2O3/c20-19(21,22)27-17-8-4-1-5-14(17)12-24(16-6-2-3-7-16)18(25)11-15-13-26-10-9-23-15/h1,4-5,8,15-16,23H,2-3,6-7,9-13H2. The minimum Gasteiger partial charge on any atom is -0.405 e. The largest absolute Gasteiger partial charge is 0.573 e. The van der Waals surface area contributed by atoms with Crippen LogP contribution >= 0.6 is 0 Å². The molecule has 0 aromatic heterocycles. The van der Waals surface area contributed by atoms with Gasteiger partial charge in [0, 0.05) is 37.2 Å². The molecule has 1 aliphatic carbocycles. The molecule has 1 saturated heterocycles. The number of benzene rings is 1. The highest BCUT2D eigenvalue weighted by Crippen LogP contribution is 2.31. The minimum absolute atomic E-state index is 0.0564. The van der Waals surface area contributed by atoms with Crippen molar-refractivity contribution in [2.75, 3.05) is 19.8 Å². The van der Waals surface area contributed by atoms with Crippen molar-refractivity contribution in [2.45, 2.75) is 57.1 Å². The van der Waals surface area contributed by atoms with Crippen molar-refractivity contribution in [3.8, 4) is 5.75 Å². The lowest BCUT2D eigenvalue weighted by atomic mass is 10.1. The molecule has 1 N–H and O–H groups in total. The van der Waals surface area contributed by atoms with Gasteiger partial charge < -0.3 is 19.7 Å². The molecule has 1 amide bonds. The van der Waals surface area contributed by atoms with E-state index in [1.165, 1.54) is 12.1 Å². The quantitative estimate of drug-likeness (QED) is 0.816. The van der Waals surface area contributed by atoms with Gasteiger partial charge in [0.15, 0.2) is 0 Å². The molecule has 1 saturated carbocycles. The van der Waals surface area contributed by atoms with Crippen molar-refractivity contribution in [1.29, 1.82) is 0 Å². The minimum atomic E-state index is -4.76. The van der Waals surface area contributed by atoms with Crippen LogP contribution in [0.1, 0.15) is 37.7 Å². The molecule has 2 aliphatic rings. The van der Waals surface area contributed by atoms with E-state index in [9.17, 15) is 18.0 Å². The lowest BCUT2D eigenvalue weighted by Gasteiger charge is -2.32. The SMILES string of the molecule is O=C(CC1COCCN1)N(Cc1ccccc1OC(F)(F)F)C1CCCC1. The van der Waals surface area contributed by atoms with E-state index >= 15 is 0 Å². The summed E-state index contributed by atoms with van der Waals surface area (Å²) in [4.78, 5) is 14.7. The average Bonchev–Trinajstić information content (AvgIpc) is 3.14. The van der Waals surface area contributed by atoms with Crippen LogP contribution in [0.4, 0.5) is 13.2 Å². The van der Waals surface area contributed by atoms with Crippen LogP contribution in [0.15, 0.2) is 24.3 Å². The Morgan fingerprint density at radius 2 is 2.00 bits per heavy atom. The van der Waals surface area contributed by atoms with Crippen molar-refractivity contribution in [3.63, 3.8) is 0 Å². The predicted molar refractivity (Wildman–Crippen MR) is 93.2 cm³/mol. The molecular formula is C19H25F3N2O3. The number of carbonyl (C=O) groups excluding carboxylic acids is 1. The zero-order valence-electron chi connectivity index (χ0n) is 15.1. The molecule has 1 aliphatic heterocycles. The van der Waals surface area contributed by atoms with Crippen LogP contribution in [-0.2, 0) is 16.1 Å². The van der Waals surface area contributed by atoms with Crippen LogP contribution < -0.4 is 10.1 Å². The zero-order valence-corrected chi connectivity index (χ0v) is 15.1. The van der Waals surface area contributed by atoms with Crippen molar-refractivity contribution < 1.29 is 27.4 Å². The second-order valence-electron chi connectivity index (χ2n) is 7.05. The first kappa shape index (κ1) is 19.9. The normalized spacial score (nSPS) is 21.2. The summed E-state index contributed by atoms with van der Waals surface area (Å²) in [5.74, 6) is -0.313. The van der Waals surface area contributed by atoms with Gasteiger partial charge in [-0.25, -0.2) is 0 Å². The Balaban J connectivity index is 1.75. The maximum Gasteiger partial charge on any atom is 0.573 e. The Bertz CT molecular complexity index is 627. The predicted octanol–water partition coefficient (Wildman–Crippen LogP) is 3.23. The molecule has 5 nitrogen and oxygen atoms in total. The van der Waals surface area contributed by atoms with Crippen molar-refractivity contribution >= 4 is 5.91 Å². The third-order valence-corrected chi connectivity index (χ3v) is 5.04. The van der Waals surface area contributed by atoms with Crippen LogP contribution in [0.3, 0.4) is 0 Å². The number of para-hydroxylation sites is 1. The number of carbonyl (C=O) groups is 1. The lowest BCUT2D eigenvalue weighted by molar-refractivity contribution is -0.275. The number of hydrogen-bond donors (Lipinski definition) is 1. The first-order valence-electron chi connectivity index (χ1n) is 9.36. The second-order valence-corrected chi connectivity index (χ2v) is 7.05. The number of nitrogens with zero attached hydrogens (tertiary/aromatic N) is 1. The number of amides is 1. The van der Waals surface area contributed by atoms with Gasteiger partial charge in [-0.2, -0.15) is 0 Å². The topological polar surface area (TPSA) is 50.8 Å². The Morgan fingerprint density at radius 3 is 2.67 bits per heavy atom. The molecular weight excluding hydrogens is 361 g/mol. The summed E-state index contributed by atoms with van der Waals surface area (Å²) in [6.07, 6.45) is -0.675. The molecule has 0 bridgehead atoms. The summed E-state index contributed by atoms with van der Waals surface area (Å²) in [5.41, 5.74) is 0.364. The molecule has 0 radical (unpaired) electrons. The summed E-state index contributed by atoms with van der Waals surface area (Å²) < 4.78 is 47.7. The number of alkyl halides is 3. The van der Waals surface area contributed by atoms with E-state index in [1.807, 2.05) is 0 Å². The number of hydrogen-bond acceptors (Lipinski definition) is 4. The molecule has 2 fully saturated rings. The summed E-state index contributed by atoms with van der Waals surface area (Å²) >= 11 is 0. The molecule has 150 valence electrons. The summed E-state index contributed by atoms with van der Waals surface area (Å²) in [6.45, 7) is 1.91. The molecule has 8 heteroatoms. The lowest BCUT2D eigenvalue weighted by Crippen LogP contribution is -2.46.